The molecule has 0 fully saturated rings. The molecule has 0 bridgehead atoms. The van der Waals surface area contributed by atoms with E-state index >= 15 is 0 Å². The Balaban J connectivity index is 3.34. The lowest BCUT2D eigenvalue weighted by Crippen LogP contribution is -1.95. The summed E-state index contributed by atoms with van der Waals surface area (Å²) in [4.78, 5) is 10.1. The van der Waals surface area contributed by atoms with Crippen LogP contribution in [0.2, 0.25) is 10.0 Å². The maximum atomic E-state index is 10.7. The predicted octanol–water partition coefficient (Wildman–Crippen LogP) is 2.21. The lowest BCUT2D eigenvalue weighted by molar-refractivity contribution is -0.385. The van der Waals surface area contributed by atoms with Crippen molar-refractivity contribution in [2.45, 2.75) is 0 Å². The molecule has 4 nitrogen and oxygen atoms in total. The third-order valence-electron chi connectivity index (χ3n) is 1.56. The van der Waals surface area contributed by atoms with Crippen LogP contribution in [0.25, 0.3) is 0 Å². The maximum absolute atomic E-state index is 10.7. The molecule has 0 aliphatic rings. The van der Waals surface area contributed by atoms with Gasteiger partial charge in [0.25, 0.3) is 5.69 Å². The molecule has 2 N–H and O–H groups in total. The molecule has 0 saturated carbocycles. The number of hydrogen-bond acceptors (Lipinski definition) is 3. The highest BCUT2D eigenvalue weighted by Crippen LogP contribution is 2.29. The van der Waals surface area contributed by atoms with Crippen LogP contribution in [-0.4, -0.2) is 11.5 Å². The summed E-state index contributed by atoms with van der Waals surface area (Å²) in [6.45, 7) is 0.122. The second-order valence-corrected chi connectivity index (χ2v) is 3.36. The Morgan fingerprint density at radius 3 is 2.53 bits per heavy atom. The topological polar surface area (TPSA) is 69.2 Å². The quantitative estimate of drug-likeness (QED) is 0.468. The molecule has 0 heterocycles. The molecule has 0 unspecified atom stereocenters. The minimum atomic E-state index is -0.567. The van der Waals surface area contributed by atoms with Gasteiger partial charge in [0.15, 0.2) is 0 Å². The van der Waals surface area contributed by atoms with Crippen LogP contribution in [0.5, 0.6) is 0 Å². The first-order chi connectivity index (χ1) is 7.06. The molecular weight excluding hydrogens is 239 g/mol. The van der Waals surface area contributed by atoms with Crippen LogP contribution in [0.15, 0.2) is 12.1 Å². The molecule has 1 aromatic rings. The van der Waals surface area contributed by atoms with Crippen molar-refractivity contribution < 1.29 is 4.92 Å². The Labute approximate surface area is 96.1 Å². The lowest BCUT2D eigenvalue weighted by atomic mass is 10.2. The van der Waals surface area contributed by atoms with E-state index in [1.807, 2.05) is 0 Å². The zero-order chi connectivity index (χ0) is 11.4. The van der Waals surface area contributed by atoms with Crippen molar-refractivity contribution in [2.75, 3.05) is 6.54 Å². The van der Waals surface area contributed by atoms with E-state index in [4.69, 9.17) is 28.9 Å². The molecule has 0 spiro atoms. The standard InChI is InChI=1S/C9H6Cl2N2O2/c10-7-4-6(2-1-3-12)9(13(14)15)5-8(7)11/h4-5H,3,12H2. The van der Waals surface area contributed by atoms with Gasteiger partial charge in [0.2, 0.25) is 0 Å². The molecule has 1 rings (SSSR count). The van der Waals surface area contributed by atoms with Gasteiger partial charge in [-0.3, -0.25) is 10.1 Å². The normalized spacial score (nSPS) is 9.27. The van der Waals surface area contributed by atoms with Crippen molar-refractivity contribution in [3.05, 3.63) is 37.9 Å². The Kier molecular flexibility index (Phi) is 3.92. The number of nitro benzene ring substituents is 1. The molecule has 0 amide bonds. The van der Waals surface area contributed by atoms with Crippen LogP contribution >= 0.6 is 23.2 Å². The van der Waals surface area contributed by atoms with Gasteiger partial charge < -0.3 is 5.73 Å². The molecule has 1 aromatic carbocycles. The van der Waals surface area contributed by atoms with Gasteiger partial charge in [0.1, 0.15) is 5.56 Å². The third-order valence-corrected chi connectivity index (χ3v) is 2.28. The first kappa shape index (κ1) is 11.8. The number of nitrogens with two attached hydrogens (primary N) is 1. The minimum absolute atomic E-state index is 0.122. The van der Waals surface area contributed by atoms with Gasteiger partial charge in [-0.15, -0.1) is 0 Å². The number of rotatable bonds is 1. The van der Waals surface area contributed by atoms with Crippen molar-refractivity contribution in [1.82, 2.24) is 0 Å². The Bertz CT molecular complexity index is 463. The monoisotopic (exact) mass is 244 g/mol. The summed E-state index contributed by atoms with van der Waals surface area (Å²) in [5, 5.41) is 11.0. The molecule has 78 valence electrons. The summed E-state index contributed by atoms with van der Waals surface area (Å²) in [7, 11) is 0. The Morgan fingerprint density at radius 2 is 2.00 bits per heavy atom. The highest BCUT2D eigenvalue weighted by molar-refractivity contribution is 6.42. The van der Waals surface area contributed by atoms with Crippen molar-refractivity contribution in [1.29, 1.82) is 0 Å². The zero-order valence-electron chi connectivity index (χ0n) is 7.46. The van der Waals surface area contributed by atoms with Crippen molar-refractivity contribution in [3.63, 3.8) is 0 Å². The fourth-order valence-corrected chi connectivity index (χ4v) is 1.26. The number of benzene rings is 1. The average Bonchev–Trinajstić information content (AvgIpc) is 2.19. The number of nitrogens with zero attached hydrogens (tertiary/aromatic N) is 1. The molecular formula is C9H6Cl2N2O2. The lowest BCUT2D eigenvalue weighted by Gasteiger charge is -1.98. The molecule has 0 aliphatic carbocycles. The molecule has 0 radical (unpaired) electrons. The van der Waals surface area contributed by atoms with Gasteiger partial charge in [0, 0.05) is 6.07 Å². The summed E-state index contributed by atoms with van der Waals surface area (Å²) < 4.78 is 0. The zero-order valence-corrected chi connectivity index (χ0v) is 8.97. The highest BCUT2D eigenvalue weighted by Gasteiger charge is 2.15. The fraction of sp³-hybridized carbons (Fsp3) is 0.111. The summed E-state index contributed by atoms with van der Waals surface area (Å²) in [6, 6.07) is 2.52. The number of hydrogen-bond donors (Lipinski definition) is 1. The second-order valence-electron chi connectivity index (χ2n) is 2.55. The predicted molar refractivity (Wildman–Crippen MR) is 59.0 cm³/mol. The van der Waals surface area contributed by atoms with Gasteiger partial charge in [-0.25, -0.2) is 0 Å². The van der Waals surface area contributed by atoms with E-state index in [1.165, 1.54) is 12.1 Å². The number of halogens is 2. The van der Waals surface area contributed by atoms with Gasteiger partial charge in [0.05, 0.1) is 21.5 Å². The average molecular weight is 245 g/mol. The fourth-order valence-electron chi connectivity index (χ4n) is 0.934. The summed E-state index contributed by atoms with van der Waals surface area (Å²) >= 11 is 11.4. The van der Waals surface area contributed by atoms with E-state index in [0.29, 0.717) is 0 Å². The number of nitro groups is 1. The van der Waals surface area contributed by atoms with Crippen LogP contribution in [0.3, 0.4) is 0 Å². The van der Waals surface area contributed by atoms with E-state index in [2.05, 4.69) is 11.8 Å². The van der Waals surface area contributed by atoms with Crippen molar-refractivity contribution >= 4 is 28.9 Å². The van der Waals surface area contributed by atoms with E-state index in [0.717, 1.165) is 0 Å². The molecule has 15 heavy (non-hydrogen) atoms. The third kappa shape index (κ3) is 2.83. The smallest absolute Gasteiger partial charge is 0.286 e. The van der Waals surface area contributed by atoms with E-state index in [9.17, 15) is 10.1 Å². The van der Waals surface area contributed by atoms with Crippen molar-refractivity contribution in [3.8, 4) is 11.8 Å². The van der Waals surface area contributed by atoms with Crippen LogP contribution in [0, 0.1) is 22.0 Å². The van der Waals surface area contributed by atoms with Crippen LogP contribution in [-0.2, 0) is 0 Å². The van der Waals surface area contributed by atoms with Crippen LogP contribution in [0.4, 0.5) is 5.69 Å². The van der Waals surface area contributed by atoms with Crippen LogP contribution in [0.1, 0.15) is 5.56 Å². The Morgan fingerprint density at radius 1 is 1.40 bits per heavy atom. The SMILES string of the molecule is NCC#Cc1cc(Cl)c(Cl)cc1[N+](=O)[O-]. The van der Waals surface area contributed by atoms with Gasteiger partial charge in [-0.05, 0) is 6.07 Å². The molecule has 0 aliphatic heterocycles. The largest absolute Gasteiger partial charge is 0.320 e. The summed E-state index contributed by atoms with van der Waals surface area (Å²) in [5.41, 5.74) is 5.20. The highest BCUT2D eigenvalue weighted by atomic mass is 35.5. The molecule has 6 heteroatoms. The van der Waals surface area contributed by atoms with Gasteiger partial charge in [-0.2, -0.15) is 0 Å². The molecule has 0 saturated heterocycles. The van der Waals surface area contributed by atoms with E-state index < -0.39 is 4.92 Å². The first-order valence-electron chi connectivity index (χ1n) is 3.88. The van der Waals surface area contributed by atoms with Gasteiger partial charge in [-0.1, -0.05) is 35.0 Å². The second kappa shape index (κ2) is 4.99. The van der Waals surface area contributed by atoms with E-state index in [1.54, 1.807) is 0 Å². The molecule has 0 aromatic heterocycles. The summed E-state index contributed by atoms with van der Waals surface area (Å²) in [6.07, 6.45) is 0. The van der Waals surface area contributed by atoms with E-state index in [-0.39, 0.29) is 27.8 Å². The molecule has 0 atom stereocenters. The van der Waals surface area contributed by atoms with Gasteiger partial charge >= 0.3 is 0 Å². The van der Waals surface area contributed by atoms with Crippen molar-refractivity contribution in [2.24, 2.45) is 5.73 Å². The Hall–Kier alpha value is -1.28. The maximum Gasteiger partial charge on any atom is 0.286 e. The van der Waals surface area contributed by atoms with Crippen LogP contribution < -0.4 is 5.73 Å². The first-order valence-corrected chi connectivity index (χ1v) is 4.64. The minimum Gasteiger partial charge on any atom is -0.320 e. The summed E-state index contributed by atoms with van der Waals surface area (Å²) in [5.74, 6) is 5.08.